The molecular formula is C15H22ClNO. The summed E-state index contributed by atoms with van der Waals surface area (Å²) in [6, 6.07) is 8.47. The minimum Gasteiger partial charge on any atom is -0.374 e. The lowest BCUT2D eigenvalue weighted by atomic mass is 10.1. The second-order valence-corrected chi connectivity index (χ2v) is 5.66. The van der Waals surface area contributed by atoms with Crippen molar-refractivity contribution in [2.45, 2.75) is 51.4 Å². The molecule has 0 radical (unpaired) electrons. The molecule has 3 atom stereocenters. The maximum atomic E-state index is 6.16. The van der Waals surface area contributed by atoms with Gasteiger partial charge in [-0.05, 0) is 44.7 Å². The van der Waals surface area contributed by atoms with Crippen LogP contribution in [0.15, 0.2) is 24.3 Å². The highest BCUT2D eigenvalue weighted by molar-refractivity contribution is 6.31. The fraction of sp³-hybridized carbons (Fsp3) is 0.600. The average molecular weight is 268 g/mol. The van der Waals surface area contributed by atoms with Gasteiger partial charge in [0.1, 0.15) is 0 Å². The van der Waals surface area contributed by atoms with Crippen molar-refractivity contribution in [2.75, 3.05) is 6.54 Å². The van der Waals surface area contributed by atoms with Crippen molar-refractivity contribution in [3.63, 3.8) is 0 Å². The van der Waals surface area contributed by atoms with Crippen LogP contribution in [0.25, 0.3) is 0 Å². The Bertz CT molecular complexity index is 383. The van der Waals surface area contributed by atoms with Gasteiger partial charge in [0.05, 0.1) is 12.2 Å². The first kappa shape index (κ1) is 13.9. The van der Waals surface area contributed by atoms with Crippen LogP contribution in [0.1, 0.15) is 32.3 Å². The molecule has 3 unspecified atom stereocenters. The SMILES string of the molecule is CC(Cc1ccccc1Cl)NCC1CCC(C)O1. The summed E-state index contributed by atoms with van der Waals surface area (Å²) in [6.07, 6.45) is 4.13. The van der Waals surface area contributed by atoms with Crippen LogP contribution in [0.3, 0.4) is 0 Å². The molecular weight excluding hydrogens is 246 g/mol. The Labute approximate surface area is 115 Å². The van der Waals surface area contributed by atoms with Crippen LogP contribution in [0.2, 0.25) is 5.02 Å². The van der Waals surface area contributed by atoms with Gasteiger partial charge in [-0.3, -0.25) is 0 Å². The van der Waals surface area contributed by atoms with E-state index in [4.69, 9.17) is 16.3 Å². The number of halogens is 1. The predicted octanol–water partition coefficient (Wildman–Crippen LogP) is 3.43. The lowest BCUT2D eigenvalue weighted by Gasteiger charge is -2.18. The highest BCUT2D eigenvalue weighted by Crippen LogP contribution is 2.19. The quantitative estimate of drug-likeness (QED) is 0.883. The van der Waals surface area contributed by atoms with Gasteiger partial charge in [0, 0.05) is 17.6 Å². The molecule has 0 bridgehead atoms. The average Bonchev–Trinajstić information content (AvgIpc) is 2.76. The van der Waals surface area contributed by atoms with Crippen LogP contribution in [-0.4, -0.2) is 24.8 Å². The van der Waals surface area contributed by atoms with Gasteiger partial charge in [-0.2, -0.15) is 0 Å². The zero-order chi connectivity index (χ0) is 13.0. The van der Waals surface area contributed by atoms with Gasteiger partial charge in [0.25, 0.3) is 0 Å². The first-order chi connectivity index (χ1) is 8.65. The molecule has 2 nitrogen and oxygen atoms in total. The molecule has 1 saturated heterocycles. The molecule has 3 heteroatoms. The zero-order valence-corrected chi connectivity index (χ0v) is 11.9. The molecule has 100 valence electrons. The standard InChI is InChI=1S/C15H22ClNO/c1-11(9-13-5-3-4-6-15(13)16)17-10-14-8-7-12(2)18-14/h3-6,11-12,14,17H,7-10H2,1-2H3. The number of hydrogen-bond acceptors (Lipinski definition) is 2. The number of hydrogen-bond donors (Lipinski definition) is 1. The summed E-state index contributed by atoms with van der Waals surface area (Å²) in [7, 11) is 0. The van der Waals surface area contributed by atoms with Gasteiger partial charge in [-0.25, -0.2) is 0 Å². The predicted molar refractivity (Wildman–Crippen MR) is 76.2 cm³/mol. The van der Waals surface area contributed by atoms with Crippen LogP contribution in [0.5, 0.6) is 0 Å². The minimum atomic E-state index is 0.383. The van der Waals surface area contributed by atoms with Crippen LogP contribution in [0.4, 0.5) is 0 Å². The Hall–Kier alpha value is -0.570. The van der Waals surface area contributed by atoms with Gasteiger partial charge < -0.3 is 10.1 Å². The zero-order valence-electron chi connectivity index (χ0n) is 11.2. The molecule has 0 aromatic heterocycles. The van der Waals surface area contributed by atoms with Crippen LogP contribution < -0.4 is 5.32 Å². The van der Waals surface area contributed by atoms with Gasteiger partial charge in [0.15, 0.2) is 0 Å². The third-order valence-electron chi connectivity index (χ3n) is 3.50. The summed E-state index contributed by atoms with van der Waals surface area (Å²) < 4.78 is 5.80. The summed E-state index contributed by atoms with van der Waals surface area (Å²) in [5.74, 6) is 0. The highest BCUT2D eigenvalue weighted by atomic mass is 35.5. The van der Waals surface area contributed by atoms with Crippen molar-refractivity contribution >= 4 is 11.6 Å². The molecule has 0 spiro atoms. The molecule has 0 aliphatic carbocycles. The molecule has 1 aromatic rings. The summed E-state index contributed by atoms with van der Waals surface area (Å²) in [6.45, 7) is 5.28. The third kappa shape index (κ3) is 3.98. The smallest absolute Gasteiger partial charge is 0.0704 e. The number of nitrogens with one attached hydrogen (secondary N) is 1. The van der Waals surface area contributed by atoms with E-state index >= 15 is 0 Å². The number of rotatable bonds is 5. The first-order valence-corrected chi connectivity index (χ1v) is 7.15. The van der Waals surface area contributed by atoms with Crippen molar-refractivity contribution in [1.82, 2.24) is 5.32 Å². The van der Waals surface area contributed by atoms with Crippen molar-refractivity contribution in [3.8, 4) is 0 Å². The summed E-state index contributed by atoms with van der Waals surface area (Å²) in [5.41, 5.74) is 1.21. The Morgan fingerprint density at radius 2 is 2.17 bits per heavy atom. The summed E-state index contributed by atoms with van der Waals surface area (Å²) in [5, 5.41) is 4.40. The van der Waals surface area contributed by atoms with E-state index in [0.717, 1.165) is 18.0 Å². The summed E-state index contributed by atoms with van der Waals surface area (Å²) in [4.78, 5) is 0. The van der Waals surface area contributed by atoms with Gasteiger partial charge in [0.2, 0.25) is 0 Å². The van der Waals surface area contributed by atoms with E-state index in [1.807, 2.05) is 18.2 Å². The van der Waals surface area contributed by atoms with Crippen LogP contribution in [0, 0.1) is 0 Å². The summed E-state index contributed by atoms with van der Waals surface area (Å²) >= 11 is 6.16. The molecule has 1 N–H and O–H groups in total. The van der Waals surface area contributed by atoms with Gasteiger partial charge >= 0.3 is 0 Å². The Morgan fingerprint density at radius 1 is 1.39 bits per heavy atom. The number of benzene rings is 1. The maximum absolute atomic E-state index is 6.16. The maximum Gasteiger partial charge on any atom is 0.0704 e. The van der Waals surface area contributed by atoms with Crippen molar-refractivity contribution < 1.29 is 4.74 Å². The minimum absolute atomic E-state index is 0.383. The van der Waals surface area contributed by atoms with E-state index in [0.29, 0.717) is 18.2 Å². The molecule has 0 saturated carbocycles. The molecule has 1 heterocycles. The first-order valence-electron chi connectivity index (χ1n) is 6.77. The van der Waals surface area contributed by atoms with Crippen LogP contribution >= 0.6 is 11.6 Å². The van der Waals surface area contributed by atoms with E-state index in [9.17, 15) is 0 Å². The third-order valence-corrected chi connectivity index (χ3v) is 3.87. The van der Waals surface area contributed by atoms with E-state index < -0.39 is 0 Å². The molecule has 2 rings (SSSR count). The van der Waals surface area contributed by atoms with Gasteiger partial charge in [-0.15, -0.1) is 0 Å². The normalized spacial score (nSPS) is 25.3. The topological polar surface area (TPSA) is 21.3 Å². The molecule has 18 heavy (non-hydrogen) atoms. The van der Waals surface area contributed by atoms with Gasteiger partial charge in [-0.1, -0.05) is 29.8 Å². The lowest BCUT2D eigenvalue weighted by Crippen LogP contribution is -2.35. The Kier molecular flexibility index (Phi) is 5.04. The van der Waals surface area contributed by atoms with E-state index in [1.165, 1.54) is 18.4 Å². The number of ether oxygens (including phenoxy) is 1. The molecule has 1 fully saturated rings. The molecule has 1 aliphatic heterocycles. The van der Waals surface area contributed by atoms with Crippen molar-refractivity contribution in [2.24, 2.45) is 0 Å². The van der Waals surface area contributed by atoms with Crippen molar-refractivity contribution in [3.05, 3.63) is 34.9 Å². The fourth-order valence-electron chi connectivity index (χ4n) is 2.43. The fourth-order valence-corrected chi connectivity index (χ4v) is 2.65. The Morgan fingerprint density at radius 3 is 2.83 bits per heavy atom. The van der Waals surface area contributed by atoms with E-state index in [2.05, 4.69) is 25.2 Å². The van der Waals surface area contributed by atoms with E-state index in [1.54, 1.807) is 0 Å². The highest BCUT2D eigenvalue weighted by Gasteiger charge is 2.21. The molecule has 0 amide bonds. The second kappa shape index (κ2) is 6.55. The molecule has 1 aromatic carbocycles. The van der Waals surface area contributed by atoms with Crippen LogP contribution in [-0.2, 0) is 11.2 Å². The molecule has 1 aliphatic rings. The van der Waals surface area contributed by atoms with Crippen molar-refractivity contribution in [1.29, 1.82) is 0 Å². The largest absolute Gasteiger partial charge is 0.374 e. The lowest BCUT2D eigenvalue weighted by molar-refractivity contribution is 0.0546. The van der Waals surface area contributed by atoms with E-state index in [-0.39, 0.29) is 0 Å². The monoisotopic (exact) mass is 267 g/mol. The second-order valence-electron chi connectivity index (χ2n) is 5.25. The Balaban J connectivity index is 1.75.